The summed E-state index contributed by atoms with van der Waals surface area (Å²) in [7, 11) is 1.64. The van der Waals surface area contributed by atoms with Crippen molar-refractivity contribution in [1.29, 1.82) is 0 Å². The highest BCUT2D eigenvalue weighted by molar-refractivity contribution is 6.02. The smallest absolute Gasteiger partial charge is 0.181 e. The van der Waals surface area contributed by atoms with E-state index in [0.717, 1.165) is 16.9 Å². The van der Waals surface area contributed by atoms with E-state index in [9.17, 15) is 4.79 Å². The Balaban J connectivity index is 1.76. The lowest BCUT2D eigenvalue weighted by molar-refractivity contribution is 0.0988. The summed E-state index contributed by atoms with van der Waals surface area (Å²) in [6.07, 6.45) is 0. The second-order valence-electron chi connectivity index (χ2n) is 4.63. The van der Waals surface area contributed by atoms with E-state index in [1.807, 2.05) is 54.6 Å². The van der Waals surface area contributed by atoms with Crippen molar-refractivity contribution in [2.24, 2.45) is 0 Å². The van der Waals surface area contributed by atoms with Crippen LogP contribution in [0.3, 0.4) is 0 Å². The van der Waals surface area contributed by atoms with Crippen LogP contribution in [0.25, 0.3) is 0 Å². The molecule has 1 heterocycles. The molecule has 2 unspecified atom stereocenters. The minimum Gasteiger partial charge on any atom is -0.497 e. The van der Waals surface area contributed by atoms with Gasteiger partial charge in [0.15, 0.2) is 5.78 Å². The Labute approximate surface area is 112 Å². The molecule has 3 rings (SSSR count). The molecular weight excluding hydrogens is 238 g/mol. The first-order valence-electron chi connectivity index (χ1n) is 6.29. The van der Waals surface area contributed by atoms with Gasteiger partial charge in [0.05, 0.1) is 19.2 Å². The predicted octanol–water partition coefficient (Wildman–Crippen LogP) is 2.59. The number of methoxy groups -OCH3 is 1. The summed E-state index contributed by atoms with van der Waals surface area (Å²) in [4.78, 5) is 12.3. The topological polar surface area (TPSA) is 48.2 Å². The minimum absolute atomic E-state index is 0.0998. The molecule has 0 amide bonds. The number of ketones is 1. The van der Waals surface area contributed by atoms with Crippen molar-refractivity contribution in [3.8, 4) is 5.75 Å². The van der Waals surface area contributed by atoms with Gasteiger partial charge in [-0.15, -0.1) is 0 Å². The highest BCUT2D eigenvalue weighted by Gasteiger charge is 2.43. The summed E-state index contributed by atoms with van der Waals surface area (Å²) in [5.74, 6) is 0.963. The van der Waals surface area contributed by atoms with Crippen molar-refractivity contribution in [3.05, 3.63) is 65.7 Å². The van der Waals surface area contributed by atoms with E-state index >= 15 is 0 Å². The Morgan fingerprint density at radius 3 is 2.63 bits per heavy atom. The van der Waals surface area contributed by atoms with Gasteiger partial charge < -0.3 is 4.74 Å². The molecule has 1 aliphatic rings. The van der Waals surface area contributed by atoms with Crippen molar-refractivity contribution < 1.29 is 9.53 Å². The lowest BCUT2D eigenvalue weighted by Crippen LogP contribution is -2.10. The molecule has 1 N–H and O–H groups in total. The fraction of sp³-hybridized carbons (Fsp3) is 0.188. The van der Waals surface area contributed by atoms with E-state index in [1.165, 1.54) is 0 Å². The van der Waals surface area contributed by atoms with Gasteiger partial charge in [-0.25, -0.2) is 0 Å². The molecule has 1 saturated heterocycles. The molecule has 96 valence electrons. The zero-order chi connectivity index (χ0) is 13.2. The standard InChI is InChI=1S/C16H15NO2/c1-19-13-9-5-8-12(10-13)14-15(17-14)16(18)11-6-3-2-4-7-11/h2-10,14-15,17H,1H3. The van der Waals surface area contributed by atoms with Crippen molar-refractivity contribution in [2.45, 2.75) is 12.1 Å². The number of ether oxygens (including phenoxy) is 1. The van der Waals surface area contributed by atoms with Crippen LogP contribution in [0.15, 0.2) is 54.6 Å². The summed E-state index contributed by atoms with van der Waals surface area (Å²) in [6.45, 7) is 0. The van der Waals surface area contributed by atoms with Gasteiger partial charge in [0.1, 0.15) is 5.75 Å². The maximum Gasteiger partial charge on any atom is 0.181 e. The number of hydrogen-bond donors (Lipinski definition) is 1. The van der Waals surface area contributed by atoms with Crippen molar-refractivity contribution in [1.82, 2.24) is 5.32 Å². The van der Waals surface area contributed by atoms with Crippen LogP contribution in [0, 0.1) is 0 Å². The number of hydrogen-bond acceptors (Lipinski definition) is 3. The molecular formula is C16H15NO2. The summed E-state index contributed by atoms with van der Waals surface area (Å²) < 4.78 is 5.20. The highest BCUT2D eigenvalue weighted by Crippen LogP contribution is 2.33. The monoisotopic (exact) mass is 253 g/mol. The second kappa shape index (κ2) is 4.86. The minimum atomic E-state index is -0.116. The first-order chi connectivity index (χ1) is 9.29. The largest absolute Gasteiger partial charge is 0.497 e. The van der Waals surface area contributed by atoms with E-state index in [4.69, 9.17) is 4.74 Å². The molecule has 2 atom stereocenters. The summed E-state index contributed by atoms with van der Waals surface area (Å²) in [6, 6.07) is 17.2. The van der Waals surface area contributed by atoms with E-state index in [1.54, 1.807) is 7.11 Å². The fourth-order valence-corrected chi connectivity index (χ4v) is 2.27. The Hall–Kier alpha value is -2.13. The molecule has 3 heteroatoms. The molecule has 0 radical (unpaired) electrons. The number of Topliss-reactive ketones (excluding diaryl/α,β-unsaturated/α-hetero) is 1. The van der Waals surface area contributed by atoms with Gasteiger partial charge in [0.25, 0.3) is 0 Å². The van der Waals surface area contributed by atoms with Crippen LogP contribution in [-0.4, -0.2) is 18.9 Å². The summed E-state index contributed by atoms with van der Waals surface area (Å²) in [5, 5.41) is 3.23. The Morgan fingerprint density at radius 1 is 1.11 bits per heavy atom. The lowest BCUT2D eigenvalue weighted by atomic mass is 10.0. The molecule has 0 saturated carbocycles. The fourth-order valence-electron chi connectivity index (χ4n) is 2.27. The molecule has 0 aliphatic carbocycles. The zero-order valence-corrected chi connectivity index (χ0v) is 10.7. The van der Waals surface area contributed by atoms with Crippen LogP contribution < -0.4 is 10.1 Å². The SMILES string of the molecule is COc1cccc(C2NC2C(=O)c2ccccc2)c1. The van der Waals surface area contributed by atoms with Crippen LogP contribution in [0.5, 0.6) is 5.75 Å². The quantitative estimate of drug-likeness (QED) is 0.673. The first-order valence-corrected chi connectivity index (χ1v) is 6.29. The van der Waals surface area contributed by atoms with Gasteiger partial charge >= 0.3 is 0 Å². The van der Waals surface area contributed by atoms with Crippen LogP contribution in [0.1, 0.15) is 22.0 Å². The molecule has 0 spiro atoms. The number of benzene rings is 2. The lowest BCUT2D eigenvalue weighted by Gasteiger charge is -2.02. The Bertz CT molecular complexity index is 595. The normalized spacial score (nSPS) is 20.9. The van der Waals surface area contributed by atoms with Crippen LogP contribution in [0.4, 0.5) is 0 Å². The third kappa shape index (κ3) is 2.37. The average Bonchev–Trinajstić information content (AvgIpc) is 3.28. The first kappa shape index (κ1) is 11.9. The Morgan fingerprint density at radius 2 is 1.89 bits per heavy atom. The molecule has 0 aromatic heterocycles. The van der Waals surface area contributed by atoms with Gasteiger partial charge in [-0.05, 0) is 17.7 Å². The third-order valence-corrected chi connectivity index (χ3v) is 3.38. The zero-order valence-electron chi connectivity index (χ0n) is 10.7. The third-order valence-electron chi connectivity index (χ3n) is 3.38. The van der Waals surface area contributed by atoms with E-state index < -0.39 is 0 Å². The molecule has 2 aromatic carbocycles. The van der Waals surface area contributed by atoms with Crippen LogP contribution >= 0.6 is 0 Å². The predicted molar refractivity (Wildman–Crippen MR) is 73.4 cm³/mol. The van der Waals surface area contributed by atoms with E-state index in [-0.39, 0.29) is 17.9 Å². The average molecular weight is 253 g/mol. The van der Waals surface area contributed by atoms with Gasteiger partial charge in [-0.3, -0.25) is 10.1 Å². The van der Waals surface area contributed by atoms with Crippen molar-refractivity contribution in [2.75, 3.05) is 7.11 Å². The van der Waals surface area contributed by atoms with Gasteiger partial charge in [-0.1, -0.05) is 42.5 Å². The van der Waals surface area contributed by atoms with E-state index in [0.29, 0.717) is 0 Å². The number of carbonyl (C=O) groups is 1. The number of carbonyl (C=O) groups excluding carboxylic acids is 1. The molecule has 1 aliphatic heterocycles. The summed E-state index contributed by atoms with van der Waals surface area (Å²) >= 11 is 0. The Kier molecular flexibility index (Phi) is 3.05. The number of rotatable bonds is 4. The molecule has 1 fully saturated rings. The van der Waals surface area contributed by atoms with Crippen LogP contribution in [-0.2, 0) is 0 Å². The van der Waals surface area contributed by atoms with Crippen molar-refractivity contribution >= 4 is 5.78 Å². The van der Waals surface area contributed by atoms with Crippen LogP contribution in [0.2, 0.25) is 0 Å². The van der Waals surface area contributed by atoms with Gasteiger partial charge in [0.2, 0.25) is 0 Å². The molecule has 3 nitrogen and oxygen atoms in total. The molecule has 0 bridgehead atoms. The maximum atomic E-state index is 12.3. The highest BCUT2D eigenvalue weighted by atomic mass is 16.5. The van der Waals surface area contributed by atoms with Gasteiger partial charge in [0, 0.05) is 5.56 Å². The van der Waals surface area contributed by atoms with Gasteiger partial charge in [-0.2, -0.15) is 0 Å². The molecule has 2 aromatic rings. The maximum absolute atomic E-state index is 12.3. The van der Waals surface area contributed by atoms with E-state index in [2.05, 4.69) is 5.32 Å². The molecule has 19 heavy (non-hydrogen) atoms. The second-order valence-corrected chi connectivity index (χ2v) is 4.63. The van der Waals surface area contributed by atoms with Crippen molar-refractivity contribution in [3.63, 3.8) is 0 Å². The summed E-state index contributed by atoms with van der Waals surface area (Å²) in [5.41, 5.74) is 1.85. The number of nitrogens with one attached hydrogen (secondary N) is 1.